The maximum absolute atomic E-state index is 2.46. The van der Waals surface area contributed by atoms with E-state index in [4.69, 9.17) is 0 Å². The molecule has 0 nitrogen and oxygen atoms in total. The van der Waals surface area contributed by atoms with E-state index < -0.39 is 0 Å². The summed E-state index contributed by atoms with van der Waals surface area (Å²) in [5.41, 5.74) is 8.51. The van der Waals surface area contributed by atoms with E-state index in [1.807, 2.05) is 0 Å². The molecule has 0 aromatic heterocycles. The van der Waals surface area contributed by atoms with E-state index >= 15 is 0 Å². The highest BCUT2D eigenvalue weighted by Gasteiger charge is 2.25. The lowest BCUT2D eigenvalue weighted by molar-refractivity contribution is 0.656. The van der Waals surface area contributed by atoms with Gasteiger partial charge in [-0.2, -0.15) is 0 Å². The minimum atomic E-state index is 0.590. The number of benzene rings is 2. The zero-order chi connectivity index (χ0) is 15.8. The first-order valence-electron chi connectivity index (χ1n) is 9.02. The van der Waals surface area contributed by atoms with Crippen LogP contribution in [0.4, 0.5) is 0 Å². The van der Waals surface area contributed by atoms with Gasteiger partial charge in [0.25, 0.3) is 0 Å². The highest BCUT2D eigenvalue weighted by molar-refractivity contribution is 5.83. The van der Waals surface area contributed by atoms with Crippen LogP contribution in [0.2, 0.25) is 0 Å². The number of fused-ring (bicyclic) bond motifs is 1. The summed E-state index contributed by atoms with van der Waals surface area (Å²) < 4.78 is 0. The lowest BCUT2D eigenvalue weighted by Gasteiger charge is -2.10. The Kier molecular flexibility index (Phi) is 3.85. The van der Waals surface area contributed by atoms with Crippen molar-refractivity contribution in [3.8, 4) is 11.1 Å². The van der Waals surface area contributed by atoms with E-state index in [0.29, 0.717) is 5.92 Å². The average Bonchev–Trinajstić information content (AvgIpc) is 3.23. The molecule has 2 aromatic rings. The van der Waals surface area contributed by atoms with Gasteiger partial charge in [-0.25, -0.2) is 0 Å². The van der Waals surface area contributed by atoms with Crippen LogP contribution in [0.15, 0.2) is 48.0 Å². The first kappa shape index (κ1) is 14.8. The third-order valence-corrected chi connectivity index (χ3v) is 5.49. The molecule has 1 saturated carbocycles. The van der Waals surface area contributed by atoms with Crippen LogP contribution in [0, 0.1) is 12.3 Å². The first-order valence-corrected chi connectivity index (χ1v) is 9.02. The molecule has 0 spiro atoms. The summed E-state index contributed by atoms with van der Waals surface area (Å²) in [6.45, 7) is 4.50. The second kappa shape index (κ2) is 6.00. The molecule has 4 rings (SSSR count). The van der Waals surface area contributed by atoms with Crippen molar-refractivity contribution in [2.75, 3.05) is 0 Å². The molecule has 2 aliphatic carbocycles. The molecule has 0 atom stereocenters. The molecule has 0 N–H and O–H groups in total. The van der Waals surface area contributed by atoms with Crippen LogP contribution in [0.5, 0.6) is 0 Å². The van der Waals surface area contributed by atoms with Gasteiger partial charge in [-0.3, -0.25) is 0 Å². The van der Waals surface area contributed by atoms with Gasteiger partial charge < -0.3 is 0 Å². The lowest BCUT2D eigenvalue weighted by atomic mass is 9.94. The lowest BCUT2D eigenvalue weighted by Crippen LogP contribution is -1.96. The van der Waals surface area contributed by atoms with Gasteiger partial charge in [-0.05, 0) is 52.5 Å². The predicted molar refractivity (Wildman–Crippen MR) is 99.3 cm³/mol. The van der Waals surface area contributed by atoms with Crippen LogP contribution in [0.1, 0.15) is 62.1 Å². The molecule has 0 amide bonds. The Morgan fingerprint density at radius 1 is 0.913 bits per heavy atom. The Morgan fingerprint density at radius 2 is 1.65 bits per heavy atom. The second-order valence-corrected chi connectivity index (χ2v) is 7.36. The molecule has 0 aliphatic heterocycles. The molecule has 0 bridgehead atoms. The Labute approximate surface area is 140 Å². The molecule has 117 valence electrons. The third kappa shape index (κ3) is 2.76. The normalized spacial score (nSPS) is 17.6. The number of hydrogen-bond acceptors (Lipinski definition) is 0. The standard InChI is InChI=1S/C23H25/c1-16(2)17-10-12-19(13-11-17)22-9-5-8-20-14-21(15-23(20)22)18-6-3-4-7-18/h5,8-16,18H,3-4,6-7H2,1-2H3. The summed E-state index contributed by atoms with van der Waals surface area (Å²) in [7, 11) is 0. The van der Waals surface area contributed by atoms with Crippen molar-refractivity contribution in [2.24, 2.45) is 5.92 Å². The van der Waals surface area contributed by atoms with Crippen LogP contribution in [0.25, 0.3) is 17.2 Å². The molecular formula is C23H25. The van der Waals surface area contributed by atoms with Gasteiger partial charge in [0.05, 0.1) is 0 Å². The summed E-state index contributed by atoms with van der Waals surface area (Å²) in [6.07, 6.45) is 10.4. The van der Waals surface area contributed by atoms with Crippen molar-refractivity contribution in [2.45, 2.75) is 45.4 Å². The molecule has 0 heteroatoms. The maximum atomic E-state index is 2.46. The molecule has 2 aliphatic rings. The van der Waals surface area contributed by atoms with E-state index in [9.17, 15) is 0 Å². The fourth-order valence-corrected chi connectivity index (χ4v) is 4.05. The van der Waals surface area contributed by atoms with Gasteiger partial charge in [-0.15, -0.1) is 0 Å². The Bertz CT molecular complexity index is 725. The third-order valence-electron chi connectivity index (χ3n) is 5.49. The molecule has 1 radical (unpaired) electrons. The summed E-state index contributed by atoms with van der Waals surface area (Å²) in [5, 5.41) is 0. The molecule has 23 heavy (non-hydrogen) atoms. The van der Waals surface area contributed by atoms with E-state index in [1.165, 1.54) is 53.5 Å². The van der Waals surface area contributed by atoms with Gasteiger partial charge in [0.2, 0.25) is 0 Å². The first-order chi connectivity index (χ1) is 11.2. The number of allylic oxidation sites excluding steroid dienone is 1. The predicted octanol–water partition coefficient (Wildman–Crippen LogP) is 6.62. The minimum Gasteiger partial charge on any atom is -0.0613 e. The van der Waals surface area contributed by atoms with Crippen molar-refractivity contribution in [3.63, 3.8) is 0 Å². The van der Waals surface area contributed by atoms with Gasteiger partial charge in [-0.1, -0.05) is 80.8 Å². The van der Waals surface area contributed by atoms with Crippen LogP contribution in [0.3, 0.4) is 0 Å². The van der Waals surface area contributed by atoms with Crippen molar-refractivity contribution < 1.29 is 0 Å². The number of rotatable bonds is 3. The smallest absolute Gasteiger partial charge is 0.0167 e. The van der Waals surface area contributed by atoms with Crippen molar-refractivity contribution in [3.05, 3.63) is 71.1 Å². The molecule has 0 saturated heterocycles. The maximum Gasteiger partial charge on any atom is 0.0167 e. The van der Waals surface area contributed by atoms with Gasteiger partial charge >= 0.3 is 0 Å². The van der Waals surface area contributed by atoms with E-state index in [-0.39, 0.29) is 0 Å². The zero-order valence-corrected chi connectivity index (χ0v) is 14.2. The quantitative estimate of drug-likeness (QED) is 0.598. The largest absolute Gasteiger partial charge is 0.0613 e. The van der Waals surface area contributed by atoms with Crippen LogP contribution in [-0.4, -0.2) is 0 Å². The molecule has 0 unspecified atom stereocenters. The fraction of sp³-hybridized carbons (Fsp3) is 0.348. The monoisotopic (exact) mass is 301 g/mol. The van der Waals surface area contributed by atoms with Crippen LogP contribution >= 0.6 is 0 Å². The highest BCUT2D eigenvalue weighted by atomic mass is 14.3. The number of hydrogen-bond donors (Lipinski definition) is 0. The molecular weight excluding hydrogens is 276 g/mol. The van der Waals surface area contributed by atoms with Crippen LogP contribution in [-0.2, 0) is 0 Å². The Hall–Kier alpha value is -1.82. The molecule has 1 fully saturated rings. The van der Waals surface area contributed by atoms with E-state index in [0.717, 1.165) is 5.92 Å². The van der Waals surface area contributed by atoms with Gasteiger partial charge in [0, 0.05) is 6.42 Å². The minimum absolute atomic E-state index is 0.590. The summed E-state index contributed by atoms with van der Waals surface area (Å²) >= 11 is 0. The summed E-state index contributed by atoms with van der Waals surface area (Å²) in [4.78, 5) is 0. The SMILES string of the molecule is CC(C)c1ccc(-c2cccc3c2C=C(C2CCCC2)[CH]3)cc1. The molecule has 2 aromatic carbocycles. The van der Waals surface area contributed by atoms with E-state index in [1.54, 1.807) is 5.57 Å². The Balaban J connectivity index is 1.70. The topological polar surface area (TPSA) is 0 Å². The van der Waals surface area contributed by atoms with Crippen LogP contribution < -0.4 is 0 Å². The fourth-order valence-electron chi connectivity index (χ4n) is 4.05. The zero-order valence-electron chi connectivity index (χ0n) is 14.2. The Morgan fingerprint density at radius 3 is 2.35 bits per heavy atom. The van der Waals surface area contributed by atoms with Crippen molar-refractivity contribution in [1.29, 1.82) is 0 Å². The molecule has 0 heterocycles. The second-order valence-electron chi connectivity index (χ2n) is 7.36. The average molecular weight is 301 g/mol. The van der Waals surface area contributed by atoms with E-state index in [2.05, 4.69) is 68.8 Å². The van der Waals surface area contributed by atoms with Crippen molar-refractivity contribution >= 4 is 6.08 Å². The summed E-state index contributed by atoms with van der Waals surface area (Å²) in [6, 6.07) is 15.9. The van der Waals surface area contributed by atoms with Gasteiger partial charge in [0.1, 0.15) is 0 Å². The highest BCUT2D eigenvalue weighted by Crippen LogP contribution is 2.42. The van der Waals surface area contributed by atoms with Gasteiger partial charge in [0.15, 0.2) is 0 Å². The summed E-state index contributed by atoms with van der Waals surface area (Å²) in [5.74, 6) is 1.38. The van der Waals surface area contributed by atoms with Crippen molar-refractivity contribution in [1.82, 2.24) is 0 Å².